The molecule has 0 aromatic carbocycles. The summed E-state index contributed by atoms with van der Waals surface area (Å²) in [4.78, 5) is 20.9. The lowest BCUT2D eigenvalue weighted by Gasteiger charge is -2.45. The molecule has 0 unspecified atom stereocenters. The number of nitrogens with one attached hydrogen (secondary N) is 1. The van der Waals surface area contributed by atoms with Crippen LogP contribution >= 0.6 is 0 Å². The van der Waals surface area contributed by atoms with Crippen LogP contribution in [0.3, 0.4) is 0 Å². The average Bonchev–Trinajstić information content (AvgIpc) is 3.14. The fraction of sp³-hybridized carbons (Fsp3) is 0.440. The van der Waals surface area contributed by atoms with Crippen molar-refractivity contribution in [3.63, 3.8) is 0 Å². The van der Waals surface area contributed by atoms with E-state index in [0.29, 0.717) is 12.0 Å². The molecule has 5 nitrogen and oxygen atoms in total. The summed E-state index contributed by atoms with van der Waals surface area (Å²) in [5.74, 6) is 0.333. The highest BCUT2D eigenvalue weighted by atomic mass is 16.1. The summed E-state index contributed by atoms with van der Waals surface area (Å²) in [7, 11) is 2.19. The van der Waals surface area contributed by atoms with Gasteiger partial charge in [-0.05, 0) is 82.0 Å². The van der Waals surface area contributed by atoms with Gasteiger partial charge >= 0.3 is 0 Å². The lowest BCUT2D eigenvalue weighted by Crippen LogP contribution is -2.48. The molecule has 2 aliphatic carbocycles. The van der Waals surface area contributed by atoms with Gasteiger partial charge in [0.1, 0.15) is 0 Å². The Hall–Kier alpha value is -2.50. The van der Waals surface area contributed by atoms with E-state index in [4.69, 9.17) is 5.73 Å². The van der Waals surface area contributed by atoms with Crippen molar-refractivity contribution >= 4 is 0 Å². The van der Waals surface area contributed by atoms with Crippen LogP contribution in [0.2, 0.25) is 0 Å². The minimum Gasteiger partial charge on any atom is -0.326 e. The summed E-state index contributed by atoms with van der Waals surface area (Å²) < 4.78 is 0. The maximum Gasteiger partial charge on any atom is 0.248 e. The normalized spacial score (nSPS) is 29.1. The van der Waals surface area contributed by atoms with E-state index in [1.165, 1.54) is 36.1 Å². The maximum atomic E-state index is 11.5. The van der Waals surface area contributed by atoms with Gasteiger partial charge in [0.2, 0.25) is 5.56 Å². The number of fused-ring (bicyclic) bond motifs is 4. The van der Waals surface area contributed by atoms with Gasteiger partial charge < -0.3 is 10.7 Å². The maximum absolute atomic E-state index is 11.5. The van der Waals surface area contributed by atoms with E-state index in [0.717, 1.165) is 24.1 Å². The van der Waals surface area contributed by atoms with E-state index in [9.17, 15) is 4.79 Å². The van der Waals surface area contributed by atoms with Crippen LogP contribution in [0.15, 0.2) is 64.8 Å². The Morgan fingerprint density at radius 3 is 2.83 bits per heavy atom. The molecule has 2 aromatic rings. The molecular weight excluding hydrogens is 372 g/mol. The molecule has 3 heterocycles. The molecule has 3 atom stereocenters. The summed E-state index contributed by atoms with van der Waals surface area (Å²) in [5, 5.41) is 0. The molecule has 0 amide bonds. The fourth-order valence-corrected chi connectivity index (χ4v) is 5.48. The number of nitrogens with two attached hydrogens (primary N) is 1. The van der Waals surface area contributed by atoms with Crippen LogP contribution in [-0.2, 0) is 12.0 Å². The predicted molar refractivity (Wildman–Crippen MR) is 121 cm³/mol. The minimum atomic E-state index is -0.434. The van der Waals surface area contributed by atoms with Gasteiger partial charge in [0.05, 0.1) is 5.54 Å². The molecule has 1 saturated heterocycles. The Morgan fingerprint density at radius 2 is 2.17 bits per heavy atom. The molecule has 30 heavy (non-hydrogen) atoms. The van der Waals surface area contributed by atoms with Gasteiger partial charge in [0, 0.05) is 36.1 Å². The Kier molecular flexibility index (Phi) is 5.76. The SMILES string of the molecule is CC=C1[C@H]2C=C(C)C[C@@]1(N)c1ccc(=O)[nH]c1C2.CN1CCC[C@H]1c1cccnc1. The number of allylic oxidation sites excluding steroid dienone is 2. The van der Waals surface area contributed by atoms with Crippen LogP contribution in [0.4, 0.5) is 0 Å². The second kappa shape index (κ2) is 8.32. The number of likely N-dealkylation sites (tertiary alicyclic amines) is 1. The highest BCUT2D eigenvalue weighted by Gasteiger charge is 2.43. The van der Waals surface area contributed by atoms with Crippen LogP contribution < -0.4 is 11.3 Å². The molecule has 2 bridgehead atoms. The number of hydrogen-bond acceptors (Lipinski definition) is 4. The fourth-order valence-electron chi connectivity index (χ4n) is 5.48. The minimum absolute atomic E-state index is 0.0416. The third-order valence-corrected chi connectivity index (χ3v) is 6.76. The highest BCUT2D eigenvalue weighted by Crippen LogP contribution is 2.47. The monoisotopic (exact) mass is 404 g/mol. The Labute approximate surface area is 178 Å². The van der Waals surface area contributed by atoms with Gasteiger partial charge in [-0.3, -0.25) is 14.7 Å². The summed E-state index contributed by atoms with van der Waals surface area (Å²) >= 11 is 0. The van der Waals surface area contributed by atoms with Gasteiger partial charge in [-0.1, -0.05) is 23.8 Å². The van der Waals surface area contributed by atoms with Crippen LogP contribution in [0.25, 0.3) is 0 Å². The lowest BCUT2D eigenvalue weighted by atomic mass is 9.63. The molecule has 158 valence electrons. The quantitative estimate of drug-likeness (QED) is 0.708. The van der Waals surface area contributed by atoms with Crippen molar-refractivity contribution in [3.05, 3.63) is 87.1 Å². The predicted octanol–water partition coefficient (Wildman–Crippen LogP) is 3.85. The van der Waals surface area contributed by atoms with Crippen LogP contribution in [0, 0.1) is 5.92 Å². The summed E-state index contributed by atoms with van der Waals surface area (Å²) in [6.07, 6.45) is 12.5. The first-order chi connectivity index (χ1) is 14.4. The van der Waals surface area contributed by atoms with E-state index in [1.807, 2.05) is 24.5 Å². The summed E-state index contributed by atoms with van der Waals surface area (Å²) in [5.41, 5.74) is 12.3. The zero-order valence-electron chi connectivity index (χ0n) is 18.2. The number of aromatic nitrogens is 2. The number of hydrogen-bond donors (Lipinski definition) is 2. The molecular formula is C25H32N4O. The number of H-pyrrole nitrogens is 1. The zero-order valence-corrected chi connectivity index (χ0v) is 18.2. The molecule has 2 aromatic heterocycles. The smallest absolute Gasteiger partial charge is 0.248 e. The first-order valence-electron chi connectivity index (χ1n) is 10.9. The van der Waals surface area contributed by atoms with Gasteiger partial charge in [-0.2, -0.15) is 0 Å². The van der Waals surface area contributed by atoms with E-state index in [2.05, 4.69) is 54.0 Å². The van der Waals surface area contributed by atoms with E-state index in [-0.39, 0.29) is 5.56 Å². The number of aromatic amines is 1. The van der Waals surface area contributed by atoms with Crippen molar-refractivity contribution in [2.75, 3.05) is 13.6 Å². The average molecular weight is 405 g/mol. The van der Waals surface area contributed by atoms with E-state index < -0.39 is 5.54 Å². The second-order valence-electron chi connectivity index (χ2n) is 8.86. The molecule has 0 radical (unpaired) electrons. The topological polar surface area (TPSA) is 75.0 Å². The standard InChI is InChI=1S/C15H18N2O.C10H14N2/c1-3-11-10-6-9(2)8-15(11,16)12-4-5-14(18)17-13(12)7-10;1-12-7-3-5-10(12)9-4-2-6-11-8-9/h3-6,10H,7-8,16H2,1-2H3,(H,17,18);2,4,6,8,10H,3,5,7H2,1H3/t10-,15-;10-/m00/s1. The van der Waals surface area contributed by atoms with E-state index in [1.54, 1.807) is 6.07 Å². The zero-order chi connectivity index (χ0) is 21.3. The molecule has 3 aliphatic rings. The third kappa shape index (κ3) is 3.80. The largest absolute Gasteiger partial charge is 0.326 e. The van der Waals surface area contributed by atoms with Gasteiger partial charge in [-0.25, -0.2) is 0 Å². The number of nitrogens with zero attached hydrogens (tertiary/aromatic N) is 2. The van der Waals surface area contributed by atoms with Crippen molar-refractivity contribution in [1.82, 2.24) is 14.9 Å². The van der Waals surface area contributed by atoms with Crippen molar-refractivity contribution in [2.24, 2.45) is 11.7 Å². The number of rotatable bonds is 1. The molecule has 0 saturated carbocycles. The third-order valence-electron chi connectivity index (χ3n) is 6.76. The second-order valence-corrected chi connectivity index (χ2v) is 8.86. The van der Waals surface area contributed by atoms with Crippen molar-refractivity contribution in [3.8, 4) is 0 Å². The molecule has 1 fully saturated rings. The van der Waals surface area contributed by atoms with Crippen molar-refractivity contribution in [1.29, 1.82) is 0 Å². The van der Waals surface area contributed by atoms with Crippen LogP contribution in [-0.4, -0.2) is 28.5 Å². The molecule has 5 heteroatoms. The van der Waals surface area contributed by atoms with Crippen LogP contribution in [0.5, 0.6) is 0 Å². The van der Waals surface area contributed by atoms with Gasteiger partial charge in [0.25, 0.3) is 0 Å². The first-order valence-corrected chi connectivity index (χ1v) is 10.9. The lowest BCUT2D eigenvalue weighted by molar-refractivity contribution is 0.317. The van der Waals surface area contributed by atoms with E-state index >= 15 is 0 Å². The highest BCUT2D eigenvalue weighted by molar-refractivity contribution is 5.48. The summed E-state index contributed by atoms with van der Waals surface area (Å²) in [6.45, 7) is 5.41. The Bertz CT molecular complexity index is 1020. The van der Waals surface area contributed by atoms with Crippen molar-refractivity contribution < 1.29 is 0 Å². The molecule has 3 N–H and O–H groups in total. The Morgan fingerprint density at radius 1 is 1.33 bits per heavy atom. The Balaban J connectivity index is 0.000000158. The molecule has 0 spiro atoms. The first kappa shape index (κ1) is 20.8. The summed E-state index contributed by atoms with van der Waals surface area (Å²) in [6, 6.07) is 8.26. The van der Waals surface area contributed by atoms with Gasteiger partial charge in [-0.15, -0.1) is 0 Å². The molecule has 5 rings (SSSR count). The molecule has 1 aliphatic heterocycles. The van der Waals surface area contributed by atoms with Crippen LogP contribution in [0.1, 0.15) is 56.0 Å². The van der Waals surface area contributed by atoms with Gasteiger partial charge in [0.15, 0.2) is 0 Å². The number of pyridine rings is 2. The van der Waals surface area contributed by atoms with Crippen molar-refractivity contribution in [2.45, 2.75) is 51.1 Å².